The zero-order valence-electron chi connectivity index (χ0n) is 21.7. The lowest BCUT2D eigenvalue weighted by Gasteiger charge is -2.46. The van der Waals surface area contributed by atoms with Crippen LogP contribution in [0.15, 0.2) is 30.3 Å². The molecule has 0 bridgehead atoms. The Morgan fingerprint density at radius 3 is 2.22 bits per heavy atom. The monoisotopic (exact) mass is 580 g/mol. The van der Waals surface area contributed by atoms with E-state index in [0.717, 1.165) is 6.07 Å². The van der Waals surface area contributed by atoms with Gasteiger partial charge in [0.15, 0.2) is 12.1 Å². The Kier molecular flexibility index (Phi) is 8.13. The second-order valence-electron chi connectivity index (χ2n) is 10.4. The molecule has 0 aromatic heterocycles. The lowest BCUT2D eigenvalue weighted by Crippen LogP contribution is -2.61. The highest BCUT2D eigenvalue weighted by atomic mass is 16.7. The summed E-state index contributed by atoms with van der Waals surface area (Å²) >= 11 is 0. The summed E-state index contributed by atoms with van der Waals surface area (Å²) in [5, 5.41) is 93.5. The number of benzene rings is 2. The Labute approximate surface area is 233 Å². The molecule has 3 aliphatic heterocycles. The van der Waals surface area contributed by atoms with Crippen LogP contribution in [0.25, 0.3) is 0 Å². The van der Waals surface area contributed by atoms with Gasteiger partial charge in [-0.1, -0.05) is 12.1 Å². The van der Waals surface area contributed by atoms with Crippen LogP contribution in [0.5, 0.6) is 23.0 Å². The first kappa shape index (κ1) is 29.4. The average Bonchev–Trinajstić information content (AvgIpc) is 2.93. The van der Waals surface area contributed by atoms with Crippen LogP contribution in [0, 0.1) is 0 Å². The molecule has 0 radical (unpaired) electrons. The van der Waals surface area contributed by atoms with Crippen molar-refractivity contribution in [1.82, 2.24) is 0 Å². The number of carbonyl (C=O) groups is 1. The molecule has 14 heteroatoms. The van der Waals surface area contributed by atoms with E-state index in [0.29, 0.717) is 5.56 Å². The zero-order valence-corrected chi connectivity index (χ0v) is 21.7. The Morgan fingerprint density at radius 1 is 0.878 bits per heavy atom. The maximum absolute atomic E-state index is 13.2. The summed E-state index contributed by atoms with van der Waals surface area (Å²) in [7, 11) is 0. The number of rotatable bonds is 5. The van der Waals surface area contributed by atoms with E-state index in [-0.39, 0.29) is 29.0 Å². The SMILES string of the molecule is C[C@@H]1O[C@@H](O[C@H]2C(c3c(O)cc(O)c4c3O[C@H](c3ccc(O)cc3)CC4=O)O[C@H](CO)[C@@H](O)[C@@H]2O)[C@H](O)[C@H](O)[C@H]1O. The van der Waals surface area contributed by atoms with Crippen LogP contribution >= 0.6 is 0 Å². The van der Waals surface area contributed by atoms with Gasteiger partial charge in [0.05, 0.1) is 24.7 Å². The van der Waals surface area contributed by atoms with Crippen molar-refractivity contribution in [2.75, 3.05) is 6.61 Å². The third kappa shape index (κ3) is 5.22. The first-order chi connectivity index (χ1) is 19.4. The van der Waals surface area contributed by atoms with Crippen molar-refractivity contribution in [3.63, 3.8) is 0 Å². The van der Waals surface area contributed by atoms with Gasteiger partial charge in [-0.25, -0.2) is 0 Å². The van der Waals surface area contributed by atoms with Gasteiger partial charge in [-0.15, -0.1) is 0 Å². The van der Waals surface area contributed by atoms with Crippen LogP contribution in [0.4, 0.5) is 0 Å². The fraction of sp³-hybridized carbons (Fsp3) is 0.519. The van der Waals surface area contributed by atoms with Crippen LogP contribution < -0.4 is 4.74 Å². The van der Waals surface area contributed by atoms with E-state index < -0.39 is 91.2 Å². The minimum Gasteiger partial charge on any atom is -0.508 e. The van der Waals surface area contributed by atoms with Gasteiger partial charge in [0.25, 0.3) is 0 Å². The Balaban J connectivity index is 1.58. The molecule has 2 aromatic carbocycles. The first-order valence-corrected chi connectivity index (χ1v) is 13.0. The van der Waals surface area contributed by atoms with Crippen molar-refractivity contribution >= 4 is 5.78 Å². The molecule has 41 heavy (non-hydrogen) atoms. The number of hydrogen-bond acceptors (Lipinski definition) is 14. The zero-order chi connectivity index (χ0) is 29.7. The number of aliphatic hydroxyl groups is 6. The molecule has 2 aromatic rings. The number of fused-ring (bicyclic) bond motifs is 1. The van der Waals surface area contributed by atoms with E-state index in [1.165, 1.54) is 31.2 Å². The van der Waals surface area contributed by atoms with Crippen LogP contribution in [0.1, 0.15) is 47.0 Å². The van der Waals surface area contributed by atoms with Gasteiger partial charge in [0.1, 0.15) is 83.5 Å². The predicted octanol–water partition coefficient (Wildman–Crippen LogP) is -1.12. The van der Waals surface area contributed by atoms with E-state index in [1.807, 2.05) is 0 Å². The number of Topliss-reactive ketones (excluding diaryl/α,β-unsaturated/α-hetero) is 1. The molecule has 0 amide bonds. The summed E-state index contributed by atoms with van der Waals surface area (Å²) in [5.74, 6) is -2.14. The number of ether oxygens (including phenoxy) is 4. The van der Waals surface area contributed by atoms with Gasteiger partial charge in [-0.05, 0) is 24.6 Å². The molecule has 11 atom stereocenters. The summed E-state index contributed by atoms with van der Waals surface area (Å²) in [5.41, 5.74) is -0.0858. The molecule has 5 rings (SSSR count). The predicted molar refractivity (Wildman–Crippen MR) is 134 cm³/mol. The van der Waals surface area contributed by atoms with Crippen LogP contribution in [0.2, 0.25) is 0 Å². The first-order valence-electron chi connectivity index (χ1n) is 13.0. The second-order valence-corrected chi connectivity index (χ2v) is 10.4. The van der Waals surface area contributed by atoms with Crippen molar-refractivity contribution in [3.05, 3.63) is 47.0 Å². The van der Waals surface area contributed by atoms with Crippen LogP contribution in [-0.2, 0) is 14.2 Å². The molecule has 0 saturated carbocycles. The van der Waals surface area contributed by atoms with Crippen molar-refractivity contribution in [2.45, 2.75) is 80.7 Å². The van der Waals surface area contributed by atoms with Gasteiger partial charge in [-0.3, -0.25) is 4.79 Å². The molecular formula is C27H32O14. The minimum absolute atomic E-state index is 0.0236. The van der Waals surface area contributed by atoms with Crippen LogP contribution in [-0.4, -0.2) is 113 Å². The fourth-order valence-corrected chi connectivity index (χ4v) is 5.40. The Morgan fingerprint density at radius 2 is 1.56 bits per heavy atom. The van der Waals surface area contributed by atoms with Crippen molar-refractivity contribution < 1.29 is 69.7 Å². The number of phenolic OH excluding ortho intramolecular Hbond substituents is 3. The average molecular weight is 581 g/mol. The largest absolute Gasteiger partial charge is 0.508 e. The maximum atomic E-state index is 13.2. The Bertz CT molecular complexity index is 1270. The van der Waals surface area contributed by atoms with Gasteiger partial charge in [0, 0.05) is 6.07 Å². The minimum atomic E-state index is -1.84. The van der Waals surface area contributed by atoms with E-state index in [4.69, 9.17) is 18.9 Å². The summed E-state index contributed by atoms with van der Waals surface area (Å²) in [6.45, 7) is 0.631. The van der Waals surface area contributed by atoms with Crippen molar-refractivity contribution in [1.29, 1.82) is 0 Å². The lowest BCUT2D eigenvalue weighted by molar-refractivity contribution is -0.338. The summed E-state index contributed by atoms with van der Waals surface area (Å²) in [6, 6.07) is 6.69. The molecule has 0 spiro atoms. The van der Waals surface area contributed by atoms with Gasteiger partial charge in [-0.2, -0.15) is 0 Å². The molecule has 1 unspecified atom stereocenters. The molecule has 14 nitrogen and oxygen atoms in total. The fourth-order valence-electron chi connectivity index (χ4n) is 5.40. The Hall–Kier alpha value is -3.05. The summed E-state index contributed by atoms with van der Waals surface area (Å²) in [4.78, 5) is 13.2. The summed E-state index contributed by atoms with van der Waals surface area (Å²) in [6.07, 6.45) is -17.0. The quantitative estimate of drug-likeness (QED) is 0.204. The normalized spacial score (nSPS) is 37.3. The maximum Gasteiger partial charge on any atom is 0.187 e. The highest BCUT2D eigenvalue weighted by Gasteiger charge is 2.52. The number of hydrogen-bond donors (Lipinski definition) is 9. The smallest absolute Gasteiger partial charge is 0.187 e. The number of aliphatic hydroxyl groups excluding tert-OH is 6. The van der Waals surface area contributed by atoms with E-state index in [1.54, 1.807) is 0 Å². The second kappa shape index (κ2) is 11.3. The van der Waals surface area contributed by atoms with Gasteiger partial charge in [0.2, 0.25) is 0 Å². The van der Waals surface area contributed by atoms with Gasteiger partial charge < -0.3 is 64.9 Å². The van der Waals surface area contributed by atoms with E-state index >= 15 is 0 Å². The van der Waals surface area contributed by atoms with E-state index in [2.05, 4.69) is 0 Å². The van der Waals surface area contributed by atoms with Crippen molar-refractivity contribution in [2.24, 2.45) is 0 Å². The standard InChI is InChI=1S/C27H32O14/c1-9-19(33)21(35)23(37)27(38-9)41-26-22(36)20(34)16(8-28)40-25(26)18-13(31)6-12(30)17-14(32)7-15(39-24(17)18)10-2-4-11(29)5-3-10/h2-6,9,15-16,19-23,25-31,33-37H,7-8H2,1H3/t9-,15-,16+,19-,20+,21+,22-,23+,25?,26+,27-/m0/s1. The number of ketones is 1. The number of carbonyl (C=O) groups excluding carboxylic acids is 1. The molecule has 2 fully saturated rings. The topological polar surface area (TPSA) is 236 Å². The molecule has 9 N–H and O–H groups in total. The highest BCUT2D eigenvalue weighted by Crippen LogP contribution is 2.51. The molecule has 3 aliphatic rings. The third-order valence-electron chi connectivity index (χ3n) is 7.70. The van der Waals surface area contributed by atoms with E-state index in [9.17, 15) is 50.8 Å². The summed E-state index contributed by atoms with van der Waals surface area (Å²) < 4.78 is 23.2. The van der Waals surface area contributed by atoms with Crippen LogP contribution in [0.3, 0.4) is 0 Å². The number of phenols is 3. The highest BCUT2D eigenvalue weighted by molar-refractivity contribution is 6.03. The molecule has 0 aliphatic carbocycles. The lowest BCUT2D eigenvalue weighted by atomic mass is 9.86. The molecule has 2 saturated heterocycles. The number of aromatic hydroxyl groups is 3. The molecule has 3 heterocycles. The third-order valence-corrected chi connectivity index (χ3v) is 7.70. The molecular weight excluding hydrogens is 548 g/mol. The van der Waals surface area contributed by atoms with Gasteiger partial charge >= 0.3 is 0 Å². The molecule has 224 valence electrons. The van der Waals surface area contributed by atoms with Crippen molar-refractivity contribution in [3.8, 4) is 23.0 Å².